The molecule has 0 amide bonds. The van der Waals surface area contributed by atoms with Crippen molar-refractivity contribution in [3.63, 3.8) is 0 Å². The molecule has 0 aliphatic rings. The van der Waals surface area contributed by atoms with Gasteiger partial charge in [0.15, 0.2) is 0 Å². The lowest BCUT2D eigenvalue weighted by molar-refractivity contribution is -0.131. The third kappa shape index (κ3) is 5.89. The van der Waals surface area contributed by atoms with Crippen molar-refractivity contribution < 1.29 is 14.6 Å². The zero-order valence-electron chi connectivity index (χ0n) is 14.9. The van der Waals surface area contributed by atoms with Gasteiger partial charge in [0.05, 0.1) is 12.1 Å². The van der Waals surface area contributed by atoms with Gasteiger partial charge < -0.3 is 9.84 Å². The summed E-state index contributed by atoms with van der Waals surface area (Å²) in [6.07, 6.45) is 9.02. The maximum absolute atomic E-state index is 10.6. The van der Waals surface area contributed by atoms with Gasteiger partial charge in [-0.2, -0.15) is 0 Å². The first kappa shape index (κ1) is 20.0. The van der Waals surface area contributed by atoms with Gasteiger partial charge in [0, 0.05) is 6.08 Å². The predicted molar refractivity (Wildman–Crippen MR) is 101 cm³/mol. The Morgan fingerprint density at radius 1 is 1.33 bits per heavy atom. The molecule has 0 fully saturated rings. The highest BCUT2D eigenvalue weighted by Gasteiger charge is 2.10. The number of aryl methyl sites for hydroxylation is 1. The summed E-state index contributed by atoms with van der Waals surface area (Å²) < 4.78 is 5.28. The lowest BCUT2D eigenvalue weighted by Gasteiger charge is -2.12. The number of carboxylic acid groups (broad SMARTS) is 1. The number of allylic oxidation sites excluding steroid dienone is 4. The molecule has 0 unspecified atom stereocenters. The summed E-state index contributed by atoms with van der Waals surface area (Å²) in [5.74, 6) is -0.202. The van der Waals surface area contributed by atoms with E-state index in [9.17, 15) is 4.79 Å². The van der Waals surface area contributed by atoms with Gasteiger partial charge in [-0.25, -0.2) is 4.79 Å². The van der Waals surface area contributed by atoms with Crippen LogP contribution in [0.2, 0.25) is 5.02 Å². The van der Waals surface area contributed by atoms with E-state index < -0.39 is 5.97 Å². The van der Waals surface area contributed by atoms with Crippen LogP contribution < -0.4 is 4.74 Å². The molecule has 0 spiro atoms. The topological polar surface area (TPSA) is 46.5 Å². The van der Waals surface area contributed by atoms with Gasteiger partial charge in [0.2, 0.25) is 0 Å². The van der Waals surface area contributed by atoms with Crippen molar-refractivity contribution in [1.82, 2.24) is 0 Å². The third-order valence-electron chi connectivity index (χ3n) is 3.83. The fraction of sp³-hybridized carbons (Fsp3) is 0.350. The molecule has 0 atom stereocenters. The van der Waals surface area contributed by atoms with Crippen molar-refractivity contribution in [2.24, 2.45) is 0 Å². The Labute approximate surface area is 149 Å². The average Bonchev–Trinajstić information content (AvgIpc) is 2.50. The molecule has 130 valence electrons. The first-order valence-corrected chi connectivity index (χ1v) is 8.22. The molecule has 3 nitrogen and oxygen atoms in total. The third-order valence-corrected chi connectivity index (χ3v) is 4.30. The number of carbonyl (C=O) groups is 1. The minimum absolute atomic E-state index is 0.638. The number of rotatable bonds is 7. The first-order valence-electron chi connectivity index (χ1n) is 7.84. The van der Waals surface area contributed by atoms with Crippen LogP contribution in [-0.2, 0) is 4.79 Å². The maximum atomic E-state index is 10.6. The molecular weight excluding hydrogens is 324 g/mol. The normalized spacial score (nSPS) is 12.8. The van der Waals surface area contributed by atoms with E-state index in [0.717, 1.165) is 40.7 Å². The second-order valence-corrected chi connectivity index (χ2v) is 6.28. The first-order chi connectivity index (χ1) is 11.3. The number of hydrogen-bond acceptors (Lipinski definition) is 2. The fourth-order valence-corrected chi connectivity index (χ4v) is 2.67. The van der Waals surface area contributed by atoms with E-state index in [2.05, 4.69) is 12.2 Å². The molecule has 24 heavy (non-hydrogen) atoms. The zero-order valence-corrected chi connectivity index (χ0v) is 15.7. The minimum Gasteiger partial charge on any atom is -0.495 e. The van der Waals surface area contributed by atoms with E-state index in [0.29, 0.717) is 10.8 Å². The Bertz CT molecular complexity index is 697. The molecule has 0 radical (unpaired) electrons. The van der Waals surface area contributed by atoms with Gasteiger partial charge in [0.1, 0.15) is 5.75 Å². The highest BCUT2D eigenvalue weighted by molar-refractivity contribution is 6.33. The summed E-state index contributed by atoms with van der Waals surface area (Å²) >= 11 is 6.32. The molecule has 0 aliphatic heterocycles. The lowest BCUT2D eigenvalue weighted by Crippen LogP contribution is -1.93. The predicted octanol–water partition coefficient (Wildman–Crippen LogP) is 5.74. The van der Waals surface area contributed by atoms with Crippen LogP contribution in [0.4, 0.5) is 0 Å². The molecule has 0 aliphatic carbocycles. The SMILES string of the molecule is COc1cc(C)c(/C=C/C(C)=C/CC/C(C)=C/C(=O)O)c(C)c1Cl. The lowest BCUT2D eigenvalue weighted by atomic mass is 10.0. The van der Waals surface area contributed by atoms with Crippen molar-refractivity contribution in [1.29, 1.82) is 0 Å². The van der Waals surface area contributed by atoms with Crippen molar-refractivity contribution in [3.8, 4) is 5.75 Å². The molecule has 1 aromatic rings. The summed E-state index contributed by atoms with van der Waals surface area (Å²) in [6.45, 7) is 7.88. The number of methoxy groups -OCH3 is 1. The zero-order chi connectivity index (χ0) is 18.3. The fourth-order valence-electron chi connectivity index (χ4n) is 2.43. The Balaban J connectivity index is 2.84. The van der Waals surface area contributed by atoms with E-state index in [1.807, 2.05) is 39.8 Å². The molecule has 0 saturated heterocycles. The minimum atomic E-state index is -0.893. The van der Waals surface area contributed by atoms with Crippen LogP contribution in [0.25, 0.3) is 6.08 Å². The van der Waals surface area contributed by atoms with Crippen molar-refractivity contribution >= 4 is 23.6 Å². The van der Waals surface area contributed by atoms with E-state index in [1.165, 1.54) is 6.08 Å². The van der Waals surface area contributed by atoms with Crippen LogP contribution in [0.3, 0.4) is 0 Å². The van der Waals surface area contributed by atoms with Crippen molar-refractivity contribution in [2.45, 2.75) is 40.5 Å². The van der Waals surface area contributed by atoms with Crippen LogP contribution in [0.1, 0.15) is 43.4 Å². The van der Waals surface area contributed by atoms with Gasteiger partial charge >= 0.3 is 5.97 Å². The molecule has 1 N–H and O–H groups in total. The quantitative estimate of drug-likeness (QED) is 0.505. The molecule has 1 rings (SSSR count). The van der Waals surface area contributed by atoms with Crippen LogP contribution in [-0.4, -0.2) is 18.2 Å². The molecule has 0 bridgehead atoms. The summed E-state index contributed by atoms with van der Waals surface area (Å²) in [5, 5.41) is 9.33. The van der Waals surface area contributed by atoms with Crippen LogP contribution >= 0.6 is 11.6 Å². The molecule has 0 saturated carbocycles. The largest absolute Gasteiger partial charge is 0.495 e. The molecule has 0 aromatic heterocycles. The van der Waals surface area contributed by atoms with E-state index >= 15 is 0 Å². The summed E-state index contributed by atoms with van der Waals surface area (Å²) in [4.78, 5) is 10.6. The number of carboxylic acids is 1. The molecule has 1 aromatic carbocycles. The smallest absolute Gasteiger partial charge is 0.328 e. The van der Waals surface area contributed by atoms with Crippen LogP contribution in [0, 0.1) is 13.8 Å². The van der Waals surface area contributed by atoms with Gasteiger partial charge in [-0.1, -0.05) is 41.0 Å². The summed E-state index contributed by atoms with van der Waals surface area (Å²) in [7, 11) is 1.61. The Morgan fingerprint density at radius 2 is 2.00 bits per heavy atom. The summed E-state index contributed by atoms with van der Waals surface area (Å²) in [6, 6.07) is 1.94. The number of halogens is 1. The number of benzene rings is 1. The molecular formula is C20H25ClO3. The Kier molecular flexibility index (Phi) is 7.80. The van der Waals surface area contributed by atoms with Gasteiger partial charge in [0.25, 0.3) is 0 Å². The number of ether oxygens (including phenoxy) is 1. The summed E-state index contributed by atoms with van der Waals surface area (Å²) in [5.41, 5.74) is 5.19. The average molecular weight is 349 g/mol. The van der Waals surface area contributed by atoms with Crippen LogP contribution in [0.15, 0.2) is 35.4 Å². The van der Waals surface area contributed by atoms with Crippen LogP contribution in [0.5, 0.6) is 5.75 Å². The van der Waals surface area contributed by atoms with E-state index in [-0.39, 0.29) is 0 Å². The highest BCUT2D eigenvalue weighted by atomic mass is 35.5. The second kappa shape index (κ2) is 9.33. The van der Waals surface area contributed by atoms with E-state index in [1.54, 1.807) is 7.11 Å². The standard InChI is InChI=1S/C20H25ClO3/c1-13(7-6-8-14(2)11-19(22)23)9-10-17-15(3)12-18(24-5)20(21)16(17)4/h7,9-12H,6,8H2,1-5H3,(H,22,23)/b10-9+,13-7+,14-11+. The molecule has 0 heterocycles. The van der Waals surface area contributed by atoms with Crippen molar-refractivity contribution in [2.75, 3.05) is 7.11 Å². The van der Waals surface area contributed by atoms with Gasteiger partial charge in [-0.3, -0.25) is 0 Å². The Hall–Kier alpha value is -2.00. The number of aliphatic carboxylic acids is 1. The second-order valence-electron chi connectivity index (χ2n) is 5.90. The van der Waals surface area contributed by atoms with Gasteiger partial charge in [-0.15, -0.1) is 0 Å². The highest BCUT2D eigenvalue weighted by Crippen LogP contribution is 2.33. The van der Waals surface area contributed by atoms with Gasteiger partial charge in [-0.05, 0) is 63.3 Å². The number of hydrogen-bond donors (Lipinski definition) is 1. The van der Waals surface area contributed by atoms with Crippen molar-refractivity contribution in [3.05, 3.63) is 57.2 Å². The maximum Gasteiger partial charge on any atom is 0.328 e. The monoisotopic (exact) mass is 348 g/mol. The molecule has 4 heteroatoms. The van der Waals surface area contributed by atoms with E-state index in [4.69, 9.17) is 21.4 Å². The Morgan fingerprint density at radius 3 is 2.58 bits per heavy atom.